The van der Waals surface area contributed by atoms with Crippen molar-refractivity contribution in [2.24, 2.45) is 0 Å². The Morgan fingerprint density at radius 2 is 1.93 bits per heavy atom. The van der Waals surface area contributed by atoms with Crippen LogP contribution in [0.3, 0.4) is 0 Å². The Bertz CT molecular complexity index is 364. The standard InChI is InChI=1S/C11H13Cl2NO/c1-15-11-6-10(13)9(12)5-8(11)7-14-3-2-4-14/h5-6H,2-4,7H2,1H3. The summed E-state index contributed by atoms with van der Waals surface area (Å²) >= 11 is 11.9. The van der Waals surface area contributed by atoms with Gasteiger partial charge in [-0.25, -0.2) is 0 Å². The van der Waals surface area contributed by atoms with Crippen LogP contribution in [0.4, 0.5) is 0 Å². The van der Waals surface area contributed by atoms with Crippen molar-refractivity contribution < 1.29 is 4.74 Å². The highest BCUT2D eigenvalue weighted by atomic mass is 35.5. The fourth-order valence-corrected chi connectivity index (χ4v) is 2.00. The molecular formula is C11H13Cl2NO. The quantitative estimate of drug-likeness (QED) is 0.811. The molecule has 82 valence electrons. The summed E-state index contributed by atoms with van der Waals surface area (Å²) < 4.78 is 5.28. The van der Waals surface area contributed by atoms with Gasteiger partial charge in [-0.15, -0.1) is 0 Å². The van der Waals surface area contributed by atoms with Crippen molar-refractivity contribution >= 4 is 23.2 Å². The summed E-state index contributed by atoms with van der Waals surface area (Å²) in [6.07, 6.45) is 1.28. The first-order valence-electron chi connectivity index (χ1n) is 4.95. The number of methoxy groups -OCH3 is 1. The molecule has 15 heavy (non-hydrogen) atoms. The van der Waals surface area contributed by atoms with E-state index in [0.29, 0.717) is 10.0 Å². The Hall–Kier alpha value is -0.440. The van der Waals surface area contributed by atoms with Crippen molar-refractivity contribution in [3.05, 3.63) is 27.7 Å². The lowest BCUT2D eigenvalue weighted by Crippen LogP contribution is -2.36. The Morgan fingerprint density at radius 1 is 1.27 bits per heavy atom. The molecule has 0 aliphatic carbocycles. The molecule has 1 aromatic rings. The molecule has 1 saturated heterocycles. The van der Waals surface area contributed by atoms with Crippen molar-refractivity contribution in [2.75, 3.05) is 20.2 Å². The molecule has 0 unspecified atom stereocenters. The molecule has 2 nitrogen and oxygen atoms in total. The second-order valence-electron chi connectivity index (χ2n) is 3.71. The van der Waals surface area contributed by atoms with Crippen LogP contribution in [0, 0.1) is 0 Å². The number of rotatable bonds is 3. The molecule has 1 aromatic carbocycles. The highest BCUT2D eigenvalue weighted by Crippen LogP contribution is 2.31. The van der Waals surface area contributed by atoms with E-state index in [1.807, 2.05) is 6.07 Å². The van der Waals surface area contributed by atoms with Crippen LogP contribution in [0.25, 0.3) is 0 Å². The molecule has 0 saturated carbocycles. The van der Waals surface area contributed by atoms with Crippen molar-refractivity contribution in [3.63, 3.8) is 0 Å². The van der Waals surface area contributed by atoms with E-state index in [0.717, 1.165) is 30.9 Å². The van der Waals surface area contributed by atoms with E-state index in [2.05, 4.69) is 4.90 Å². The first-order valence-corrected chi connectivity index (χ1v) is 5.70. The highest BCUT2D eigenvalue weighted by molar-refractivity contribution is 6.42. The lowest BCUT2D eigenvalue weighted by molar-refractivity contribution is 0.170. The van der Waals surface area contributed by atoms with Crippen LogP contribution in [-0.2, 0) is 6.54 Å². The second kappa shape index (κ2) is 4.60. The zero-order valence-corrected chi connectivity index (χ0v) is 10.1. The molecule has 1 aliphatic rings. The van der Waals surface area contributed by atoms with Crippen LogP contribution in [0.15, 0.2) is 12.1 Å². The van der Waals surface area contributed by atoms with Crippen LogP contribution in [0.5, 0.6) is 5.75 Å². The predicted molar refractivity (Wildman–Crippen MR) is 62.9 cm³/mol. The smallest absolute Gasteiger partial charge is 0.124 e. The summed E-state index contributed by atoms with van der Waals surface area (Å²) in [6.45, 7) is 3.20. The molecule has 1 heterocycles. The maximum absolute atomic E-state index is 5.98. The summed E-state index contributed by atoms with van der Waals surface area (Å²) in [4.78, 5) is 2.35. The Balaban J connectivity index is 2.23. The van der Waals surface area contributed by atoms with E-state index in [-0.39, 0.29) is 0 Å². The summed E-state index contributed by atoms with van der Waals surface area (Å²) in [5.41, 5.74) is 1.10. The van der Waals surface area contributed by atoms with Gasteiger partial charge in [0, 0.05) is 18.2 Å². The van der Waals surface area contributed by atoms with E-state index in [1.54, 1.807) is 13.2 Å². The minimum absolute atomic E-state index is 0.542. The van der Waals surface area contributed by atoms with Crippen molar-refractivity contribution in [1.29, 1.82) is 0 Å². The normalized spacial score (nSPS) is 16.2. The zero-order valence-electron chi connectivity index (χ0n) is 8.59. The minimum atomic E-state index is 0.542. The third-order valence-electron chi connectivity index (χ3n) is 2.67. The van der Waals surface area contributed by atoms with Crippen LogP contribution in [-0.4, -0.2) is 25.1 Å². The molecule has 0 amide bonds. The van der Waals surface area contributed by atoms with Crippen molar-refractivity contribution in [1.82, 2.24) is 4.90 Å². The van der Waals surface area contributed by atoms with Crippen LogP contribution in [0.1, 0.15) is 12.0 Å². The number of nitrogens with zero attached hydrogens (tertiary/aromatic N) is 1. The molecule has 0 atom stereocenters. The minimum Gasteiger partial charge on any atom is -0.496 e. The Kier molecular flexibility index (Phi) is 3.39. The highest BCUT2D eigenvalue weighted by Gasteiger charge is 2.17. The fraction of sp³-hybridized carbons (Fsp3) is 0.455. The summed E-state index contributed by atoms with van der Waals surface area (Å²) in [5, 5.41) is 1.13. The average Bonchev–Trinajstić information content (AvgIpc) is 2.16. The molecule has 0 spiro atoms. The van der Waals surface area contributed by atoms with Crippen LogP contribution in [0.2, 0.25) is 10.0 Å². The van der Waals surface area contributed by atoms with E-state index in [1.165, 1.54) is 6.42 Å². The van der Waals surface area contributed by atoms with Crippen molar-refractivity contribution in [3.8, 4) is 5.75 Å². The number of ether oxygens (including phenoxy) is 1. The van der Waals surface area contributed by atoms with Gasteiger partial charge in [-0.1, -0.05) is 23.2 Å². The van der Waals surface area contributed by atoms with E-state index >= 15 is 0 Å². The third-order valence-corrected chi connectivity index (χ3v) is 3.39. The molecule has 0 aromatic heterocycles. The predicted octanol–water partition coefficient (Wildman–Crippen LogP) is 3.21. The topological polar surface area (TPSA) is 12.5 Å². The zero-order chi connectivity index (χ0) is 10.8. The van der Waals surface area contributed by atoms with E-state index in [4.69, 9.17) is 27.9 Å². The van der Waals surface area contributed by atoms with Gasteiger partial charge in [-0.05, 0) is 25.6 Å². The van der Waals surface area contributed by atoms with Gasteiger partial charge < -0.3 is 4.74 Å². The number of benzene rings is 1. The van der Waals surface area contributed by atoms with Crippen LogP contribution >= 0.6 is 23.2 Å². The summed E-state index contributed by atoms with van der Waals surface area (Å²) in [6, 6.07) is 3.67. The molecule has 2 rings (SSSR count). The van der Waals surface area contributed by atoms with Gasteiger partial charge in [0.2, 0.25) is 0 Å². The van der Waals surface area contributed by atoms with E-state index in [9.17, 15) is 0 Å². The molecule has 4 heteroatoms. The largest absolute Gasteiger partial charge is 0.496 e. The number of hydrogen-bond donors (Lipinski definition) is 0. The molecule has 0 bridgehead atoms. The first kappa shape index (κ1) is 11.1. The van der Waals surface area contributed by atoms with Gasteiger partial charge in [0.05, 0.1) is 17.2 Å². The maximum Gasteiger partial charge on any atom is 0.124 e. The van der Waals surface area contributed by atoms with Gasteiger partial charge >= 0.3 is 0 Å². The number of hydrogen-bond acceptors (Lipinski definition) is 2. The SMILES string of the molecule is COc1cc(Cl)c(Cl)cc1CN1CCC1. The van der Waals surface area contributed by atoms with E-state index < -0.39 is 0 Å². The second-order valence-corrected chi connectivity index (χ2v) is 4.52. The average molecular weight is 246 g/mol. The number of likely N-dealkylation sites (tertiary alicyclic amines) is 1. The van der Waals surface area contributed by atoms with Crippen LogP contribution < -0.4 is 4.74 Å². The Morgan fingerprint density at radius 3 is 2.47 bits per heavy atom. The van der Waals surface area contributed by atoms with Gasteiger partial charge in [-0.3, -0.25) is 4.90 Å². The maximum atomic E-state index is 5.98. The molecule has 0 N–H and O–H groups in total. The molecule has 0 radical (unpaired) electrons. The van der Waals surface area contributed by atoms with Gasteiger partial charge in [0.15, 0.2) is 0 Å². The molecule has 1 aliphatic heterocycles. The van der Waals surface area contributed by atoms with Gasteiger partial charge in [0.25, 0.3) is 0 Å². The summed E-state index contributed by atoms with van der Waals surface area (Å²) in [7, 11) is 1.65. The number of halogens is 2. The molecular weight excluding hydrogens is 233 g/mol. The first-order chi connectivity index (χ1) is 7.20. The summed E-state index contributed by atoms with van der Waals surface area (Å²) in [5.74, 6) is 0.816. The van der Waals surface area contributed by atoms with Crippen molar-refractivity contribution in [2.45, 2.75) is 13.0 Å². The van der Waals surface area contributed by atoms with Gasteiger partial charge in [0.1, 0.15) is 5.75 Å². The third kappa shape index (κ3) is 2.39. The van der Waals surface area contributed by atoms with Gasteiger partial charge in [-0.2, -0.15) is 0 Å². The Labute approximate surface area is 99.7 Å². The lowest BCUT2D eigenvalue weighted by atomic mass is 10.1. The lowest BCUT2D eigenvalue weighted by Gasteiger charge is -2.31. The molecule has 1 fully saturated rings. The fourth-order valence-electron chi connectivity index (χ4n) is 1.66. The monoisotopic (exact) mass is 245 g/mol.